The normalized spacial score (nSPS) is 14.9. The van der Waals surface area contributed by atoms with E-state index < -0.39 is 12.2 Å². The maximum absolute atomic E-state index is 11.3. The molecule has 3 N–H and O–H groups in total. The van der Waals surface area contributed by atoms with Crippen molar-refractivity contribution in [3.05, 3.63) is 0 Å². The molecule has 0 aromatic carbocycles. The first-order valence-corrected chi connectivity index (χ1v) is 6.14. The Bertz CT molecular complexity index is 191. The fourth-order valence-corrected chi connectivity index (χ4v) is 1.65. The third-order valence-electron chi connectivity index (χ3n) is 2.89. The quantitative estimate of drug-likeness (QED) is 0.585. The molecule has 0 aliphatic rings. The summed E-state index contributed by atoms with van der Waals surface area (Å²) < 4.78 is 0. The molecule has 0 aromatic heterocycles. The van der Waals surface area contributed by atoms with Crippen LogP contribution in [0.4, 0.5) is 0 Å². The predicted molar refractivity (Wildman–Crippen MR) is 64.0 cm³/mol. The van der Waals surface area contributed by atoms with Gasteiger partial charge < -0.3 is 15.5 Å². The smallest absolute Gasteiger partial charge is 0.220 e. The zero-order valence-corrected chi connectivity index (χ0v) is 10.6. The van der Waals surface area contributed by atoms with Crippen LogP contribution in [0.1, 0.15) is 46.5 Å². The van der Waals surface area contributed by atoms with Crippen molar-refractivity contribution in [2.24, 2.45) is 5.92 Å². The topological polar surface area (TPSA) is 69.6 Å². The van der Waals surface area contributed by atoms with Crippen LogP contribution in [-0.2, 0) is 4.79 Å². The third kappa shape index (κ3) is 6.80. The Morgan fingerprint density at radius 2 is 1.81 bits per heavy atom. The standard InChI is InChI=1S/C12H25NO3/c1-4-10(5-2)11(15)8-13-12(16)7-6-9(3)14/h9-11,14-15H,4-8H2,1-3H3,(H,13,16). The summed E-state index contributed by atoms with van der Waals surface area (Å²) in [5.74, 6) is 0.142. The summed E-state index contributed by atoms with van der Waals surface area (Å²) >= 11 is 0. The predicted octanol–water partition coefficient (Wildman–Crippen LogP) is 1.06. The molecule has 1 amide bonds. The molecule has 0 aliphatic carbocycles. The Hall–Kier alpha value is -0.610. The fraction of sp³-hybridized carbons (Fsp3) is 0.917. The molecule has 0 radical (unpaired) electrons. The van der Waals surface area contributed by atoms with Gasteiger partial charge >= 0.3 is 0 Å². The zero-order valence-electron chi connectivity index (χ0n) is 10.6. The van der Waals surface area contributed by atoms with Crippen LogP contribution in [0, 0.1) is 5.92 Å². The molecule has 0 rings (SSSR count). The molecule has 2 atom stereocenters. The van der Waals surface area contributed by atoms with Crippen LogP contribution in [0.5, 0.6) is 0 Å². The van der Waals surface area contributed by atoms with E-state index >= 15 is 0 Å². The van der Waals surface area contributed by atoms with Gasteiger partial charge in [0.15, 0.2) is 0 Å². The molecule has 0 aliphatic heterocycles. The van der Waals surface area contributed by atoms with Gasteiger partial charge in [0.05, 0.1) is 12.2 Å². The van der Waals surface area contributed by atoms with E-state index in [0.29, 0.717) is 19.4 Å². The van der Waals surface area contributed by atoms with Crippen LogP contribution in [-0.4, -0.2) is 34.9 Å². The second kappa shape index (κ2) is 8.53. The van der Waals surface area contributed by atoms with Crippen LogP contribution >= 0.6 is 0 Å². The van der Waals surface area contributed by atoms with Crippen LogP contribution in [0.25, 0.3) is 0 Å². The molecule has 16 heavy (non-hydrogen) atoms. The molecule has 96 valence electrons. The van der Waals surface area contributed by atoms with Crippen LogP contribution in [0.3, 0.4) is 0 Å². The van der Waals surface area contributed by atoms with E-state index in [2.05, 4.69) is 5.32 Å². The van der Waals surface area contributed by atoms with Crippen LogP contribution in [0.2, 0.25) is 0 Å². The summed E-state index contributed by atoms with van der Waals surface area (Å²) in [6.45, 7) is 6.04. The maximum atomic E-state index is 11.3. The van der Waals surface area contributed by atoms with Gasteiger partial charge in [-0.1, -0.05) is 26.7 Å². The minimum absolute atomic E-state index is 0.106. The third-order valence-corrected chi connectivity index (χ3v) is 2.89. The summed E-state index contributed by atoms with van der Waals surface area (Å²) in [5, 5.41) is 21.5. The lowest BCUT2D eigenvalue weighted by atomic mass is 9.96. The largest absolute Gasteiger partial charge is 0.393 e. The highest BCUT2D eigenvalue weighted by atomic mass is 16.3. The van der Waals surface area contributed by atoms with Crippen molar-refractivity contribution in [3.8, 4) is 0 Å². The molecule has 0 spiro atoms. The van der Waals surface area contributed by atoms with E-state index in [4.69, 9.17) is 5.11 Å². The van der Waals surface area contributed by atoms with Gasteiger partial charge in [-0.2, -0.15) is 0 Å². The molecule has 0 saturated heterocycles. The Labute approximate surface area is 98.1 Å². The van der Waals surface area contributed by atoms with Gasteiger partial charge in [-0.15, -0.1) is 0 Å². The molecule has 2 unspecified atom stereocenters. The van der Waals surface area contributed by atoms with Crippen molar-refractivity contribution < 1.29 is 15.0 Å². The number of aliphatic hydroxyl groups excluding tert-OH is 2. The van der Waals surface area contributed by atoms with E-state index in [-0.39, 0.29) is 11.8 Å². The lowest BCUT2D eigenvalue weighted by Crippen LogP contribution is -2.36. The van der Waals surface area contributed by atoms with Gasteiger partial charge in [0.2, 0.25) is 5.91 Å². The minimum atomic E-state index is -0.467. The number of aliphatic hydroxyl groups is 2. The molecule has 4 nitrogen and oxygen atoms in total. The zero-order chi connectivity index (χ0) is 12.6. The minimum Gasteiger partial charge on any atom is -0.393 e. The molecule has 0 heterocycles. The summed E-state index contributed by atoms with van der Waals surface area (Å²) in [6, 6.07) is 0. The van der Waals surface area contributed by atoms with Crippen molar-refractivity contribution in [1.29, 1.82) is 0 Å². The van der Waals surface area contributed by atoms with Crippen molar-refractivity contribution in [3.63, 3.8) is 0 Å². The second-order valence-corrected chi connectivity index (χ2v) is 4.34. The number of carbonyl (C=O) groups excluding carboxylic acids is 1. The monoisotopic (exact) mass is 231 g/mol. The van der Waals surface area contributed by atoms with E-state index in [1.165, 1.54) is 0 Å². The molecule has 0 fully saturated rings. The van der Waals surface area contributed by atoms with Gasteiger partial charge in [0.25, 0.3) is 0 Å². The highest BCUT2D eigenvalue weighted by molar-refractivity contribution is 5.75. The van der Waals surface area contributed by atoms with E-state index in [0.717, 1.165) is 12.8 Å². The molecule has 0 bridgehead atoms. The van der Waals surface area contributed by atoms with Gasteiger partial charge in [-0.3, -0.25) is 4.79 Å². The average molecular weight is 231 g/mol. The first-order chi connectivity index (χ1) is 7.51. The summed E-state index contributed by atoms with van der Waals surface area (Å²) in [6.07, 6.45) is 1.70. The van der Waals surface area contributed by atoms with E-state index in [9.17, 15) is 9.90 Å². The highest BCUT2D eigenvalue weighted by Gasteiger charge is 2.16. The lowest BCUT2D eigenvalue weighted by molar-refractivity contribution is -0.122. The van der Waals surface area contributed by atoms with Gasteiger partial charge in [0.1, 0.15) is 0 Å². The first kappa shape index (κ1) is 15.4. The molecule has 0 aromatic rings. The van der Waals surface area contributed by atoms with Crippen LogP contribution < -0.4 is 5.32 Å². The van der Waals surface area contributed by atoms with Gasteiger partial charge in [-0.25, -0.2) is 0 Å². The highest BCUT2D eigenvalue weighted by Crippen LogP contribution is 2.12. The summed E-state index contributed by atoms with van der Waals surface area (Å²) in [5.41, 5.74) is 0. The number of carbonyl (C=O) groups is 1. The van der Waals surface area contributed by atoms with Gasteiger partial charge in [0, 0.05) is 13.0 Å². The fourth-order valence-electron chi connectivity index (χ4n) is 1.65. The number of hydrogen-bond donors (Lipinski definition) is 3. The van der Waals surface area contributed by atoms with Crippen molar-refractivity contribution in [2.45, 2.75) is 58.7 Å². The number of rotatable bonds is 8. The second-order valence-electron chi connectivity index (χ2n) is 4.34. The maximum Gasteiger partial charge on any atom is 0.220 e. The molecule has 0 saturated carbocycles. The van der Waals surface area contributed by atoms with E-state index in [1.54, 1.807) is 6.92 Å². The molecule has 4 heteroatoms. The van der Waals surface area contributed by atoms with Gasteiger partial charge in [-0.05, 0) is 19.3 Å². The Morgan fingerprint density at radius 3 is 2.25 bits per heavy atom. The number of amides is 1. The molecular formula is C12H25NO3. The Balaban J connectivity index is 3.73. The van der Waals surface area contributed by atoms with Crippen molar-refractivity contribution in [2.75, 3.05) is 6.54 Å². The lowest BCUT2D eigenvalue weighted by Gasteiger charge is -2.20. The average Bonchev–Trinajstić information content (AvgIpc) is 2.25. The first-order valence-electron chi connectivity index (χ1n) is 6.14. The van der Waals surface area contributed by atoms with Crippen molar-refractivity contribution in [1.82, 2.24) is 5.32 Å². The summed E-state index contributed by atoms with van der Waals surface area (Å²) in [4.78, 5) is 11.3. The van der Waals surface area contributed by atoms with E-state index in [1.807, 2.05) is 13.8 Å². The Kier molecular flexibility index (Phi) is 8.21. The number of nitrogens with one attached hydrogen (secondary N) is 1. The van der Waals surface area contributed by atoms with Crippen LogP contribution in [0.15, 0.2) is 0 Å². The molecular weight excluding hydrogens is 206 g/mol. The summed E-state index contributed by atoms with van der Waals surface area (Å²) in [7, 11) is 0. The number of hydrogen-bond acceptors (Lipinski definition) is 3. The Morgan fingerprint density at radius 1 is 1.25 bits per heavy atom. The SMILES string of the molecule is CCC(CC)C(O)CNC(=O)CCC(C)O. The van der Waals surface area contributed by atoms with Crippen molar-refractivity contribution >= 4 is 5.91 Å².